The van der Waals surface area contributed by atoms with Gasteiger partial charge >= 0.3 is 11.9 Å². The molecule has 0 aliphatic rings. The highest BCUT2D eigenvalue weighted by Crippen LogP contribution is 2.33. The van der Waals surface area contributed by atoms with Gasteiger partial charge in [-0.15, -0.1) is 0 Å². The molecule has 5 heteroatoms. The molecular weight excluding hydrogens is 356 g/mol. The summed E-state index contributed by atoms with van der Waals surface area (Å²) in [7, 11) is 0. The van der Waals surface area contributed by atoms with Crippen LogP contribution in [0.15, 0.2) is 84.9 Å². The van der Waals surface area contributed by atoms with E-state index in [1.807, 2.05) is 18.2 Å². The summed E-state index contributed by atoms with van der Waals surface area (Å²) in [5.41, 5.74) is 1.08. The van der Waals surface area contributed by atoms with Gasteiger partial charge in [0.2, 0.25) is 0 Å². The summed E-state index contributed by atoms with van der Waals surface area (Å²) in [6, 6.07) is 24.6. The minimum Gasteiger partial charge on any atom is -0.481 e. The fourth-order valence-corrected chi connectivity index (χ4v) is 3.10. The molecule has 5 nitrogen and oxygen atoms in total. The van der Waals surface area contributed by atoms with E-state index in [0.717, 1.165) is 0 Å². The number of carboxylic acids is 2. The molecule has 0 saturated heterocycles. The quantitative estimate of drug-likeness (QED) is 0.584. The van der Waals surface area contributed by atoms with Crippen molar-refractivity contribution < 1.29 is 24.5 Å². The predicted molar refractivity (Wildman–Crippen MR) is 105 cm³/mol. The maximum Gasteiger partial charge on any atom is 0.311 e. The second-order valence-electron chi connectivity index (χ2n) is 6.42. The topological polar surface area (TPSA) is 83.8 Å². The van der Waals surface area contributed by atoms with Crippen LogP contribution in [0.1, 0.15) is 29.4 Å². The molecular formula is C23H20O5. The summed E-state index contributed by atoms with van der Waals surface area (Å²) < 4.78 is 5.78. The van der Waals surface area contributed by atoms with E-state index in [9.17, 15) is 19.8 Å². The molecule has 28 heavy (non-hydrogen) atoms. The highest BCUT2D eigenvalue weighted by Gasteiger charge is 2.29. The molecule has 0 aliphatic carbocycles. The van der Waals surface area contributed by atoms with E-state index in [2.05, 4.69) is 0 Å². The highest BCUT2D eigenvalue weighted by atomic mass is 16.5. The van der Waals surface area contributed by atoms with Crippen molar-refractivity contribution in [1.29, 1.82) is 0 Å². The summed E-state index contributed by atoms with van der Waals surface area (Å²) in [4.78, 5) is 23.7. The second kappa shape index (κ2) is 8.86. The number of hydrogen-bond donors (Lipinski definition) is 2. The monoisotopic (exact) mass is 376 g/mol. The van der Waals surface area contributed by atoms with Crippen LogP contribution >= 0.6 is 0 Å². The highest BCUT2D eigenvalue weighted by molar-refractivity contribution is 5.80. The first-order valence-electron chi connectivity index (χ1n) is 8.88. The van der Waals surface area contributed by atoms with Gasteiger partial charge in [0.05, 0.1) is 11.8 Å². The Kier molecular flexibility index (Phi) is 6.07. The largest absolute Gasteiger partial charge is 0.481 e. The molecule has 2 atom stereocenters. The van der Waals surface area contributed by atoms with E-state index >= 15 is 0 Å². The molecule has 3 aromatic carbocycles. The SMILES string of the molecule is O=C(O)C(CC(C(=O)O)c1cccc(Oc2ccccc2)c1)c1ccccc1. The summed E-state index contributed by atoms with van der Waals surface area (Å²) >= 11 is 0. The van der Waals surface area contributed by atoms with Crippen LogP contribution in [0, 0.1) is 0 Å². The first-order chi connectivity index (χ1) is 13.5. The number of para-hydroxylation sites is 1. The smallest absolute Gasteiger partial charge is 0.311 e. The zero-order valence-electron chi connectivity index (χ0n) is 15.1. The second-order valence-corrected chi connectivity index (χ2v) is 6.42. The Morgan fingerprint density at radius 3 is 1.79 bits per heavy atom. The molecule has 142 valence electrons. The van der Waals surface area contributed by atoms with Crippen molar-refractivity contribution in [3.63, 3.8) is 0 Å². The van der Waals surface area contributed by atoms with E-state index in [1.54, 1.807) is 66.7 Å². The van der Waals surface area contributed by atoms with Crippen LogP contribution in [0.5, 0.6) is 11.5 Å². The molecule has 0 heterocycles. The third kappa shape index (κ3) is 4.76. The zero-order chi connectivity index (χ0) is 19.9. The fourth-order valence-electron chi connectivity index (χ4n) is 3.10. The van der Waals surface area contributed by atoms with Gasteiger partial charge in [0.15, 0.2) is 0 Å². The molecule has 0 saturated carbocycles. The molecule has 0 aromatic heterocycles. The Morgan fingerprint density at radius 2 is 1.18 bits per heavy atom. The van der Waals surface area contributed by atoms with Gasteiger partial charge in [0.1, 0.15) is 11.5 Å². The molecule has 0 fully saturated rings. The first kappa shape index (κ1) is 19.2. The maximum atomic E-state index is 11.9. The molecule has 3 rings (SSSR count). The molecule has 2 N–H and O–H groups in total. The van der Waals surface area contributed by atoms with Crippen LogP contribution in [0.4, 0.5) is 0 Å². The van der Waals surface area contributed by atoms with Crippen LogP contribution in [-0.4, -0.2) is 22.2 Å². The molecule has 0 aliphatic heterocycles. The van der Waals surface area contributed by atoms with Crippen LogP contribution in [0.25, 0.3) is 0 Å². The average Bonchev–Trinajstić information content (AvgIpc) is 2.70. The van der Waals surface area contributed by atoms with Gasteiger partial charge in [-0.2, -0.15) is 0 Å². The van der Waals surface area contributed by atoms with Crippen molar-refractivity contribution in [3.8, 4) is 11.5 Å². The Morgan fingerprint density at radius 1 is 0.679 bits per heavy atom. The third-order valence-corrected chi connectivity index (χ3v) is 4.51. The minimum atomic E-state index is -1.07. The Bertz CT molecular complexity index is 937. The van der Waals surface area contributed by atoms with Crippen molar-refractivity contribution in [2.24, 2.45) is 0 Å². The predicted octanol–water partition coefficient (Wildman–Crippen LogP) is 4.91. The van der Waals surface area contributed by atoms with Gasteiger partial charge in [-0.05, 0) is 41.8 Å². The van der Waals surface area contributed by atoms with Crippen LogP contribution in [0.2, 0.25) is 0 Å². The van der Waals surface area contributed by atoms with Gasteiger partial charge in [-0.3, -0.25) is 9.59 Å². The summed E-state index contributed by atoms with van der Waals surface area (Å²) in [5, 5.41) is 19.4. The molecule has 0 bridgehead atoms. The number of carbonyl (C=O) groups is 2. The van der Waals surface area contributed by atoms with Gasteiger partial charge in [0, 0.05) is 0 Å². The van der Waals surface area contributed by atoms with E-state index in [-0.39, 0.29) is 6.42 Å². The molecule has 0 amide bonds. The normalized spacial score (nSPS) is 12.7. The lowest BCUT2D eigenvalue weighted by molar-refractivity contribution is -0.141. The number of benzene rings is 3. The van der Waals surface area contributed by atoms with E-state index < -0.39 is 23.8 Å². The molecule has 0 spiro atoms. The lowest BCUT2D eigenvalue weighted by Gasteiger charge is -2.19. The number of rotatable bonds is 8. The van der Waals surface area contributed by atoms with Crippen molar-refractivity contribution in [2.75, 3.05) is 0 Å². The maximum absolute atomic E-state index is 11.9. The van der Waals surface area contributed by atoms with Gasteiger partial charge in [-0.25, -0.2) is 0 Å². The summed E-state index contributed by atoms with van der Waals surface area (Å²) in [6.07, 6.45) is -0.0521. The van der Waals surface area contributed by atoms with E-state index in [1.165, 1.54) is 0 Å². The van der Waals surface area contributed by atoms with Crippen LogP contribution in [0.3, 0.4) is 0 Å². The third-order valence-electron chi connectivity index (χ3n) is 4.51. The lowest BCUT2D eigenvalue weighted by atomic mass is 9.85. The van der Waals surface area contributed by atoms with Crippen molar-refractivity contribution >= 4 is 11.9 Å². The van der Waals surface area contributed by atoms with Crippen molar-refractivity contribution in [3.05, 3.63) is 96.1 Å². The number of ether oxygens (including phenoxy) is 1. The fraction of sp³-hybridized carbons (Fsp3) is 0.130. The summed E-state index contributed by atoms with van der Waals surface area (Å²) in [5.74, 6) is -2.87. The lowest BCUT2D eigenvalue weighted by Crippen LogP contribution is -2.20. The Labute approximate surface area is 162 Å². The standard InChI is InChI=1S/C23H20O5/c24-22(25)20(16-8-3-1-4-9-16)15-21(23(26)27)17-10-7-13-19(14-17)28-18-11-5-2-6-12-18/h1-14,20-21H,15H2,(H,24,25)(H,26,27). The minimum absolute atomic E-state index is 0.0521. The number of hydrogen-bond acceptors (Lipinski definition) is 3. The summed E-state index contributed by atoms with van der Waals surface area (Å²) in [6.45, 7) is 0. The number of carboxylic acid groups (broad SMARTS) is 2. The molecule has 3 aromatic rings. The molecule has 2 unspecified atom stereocenters. The van der Waals surface area contributed by atoms with Crippen LogP contribution < -0.4 is 4.74 Å². The Balaban J connectivity index is 1.86. The van der Waals surface area contributed by atoms with Crippen molar-refractivity contribution in [1.82, 2.24) is 0 Å². The van der Waals surface area contributed by atoms with Crippen LogP contribution in [-0.2, 0) is 9.59 Å². The van der Waals surface area contributed by atoms with Gasteiger partial charge < -0.3 is 14.9 Å². The van der Waals surface area contributed by atoms with Gasteiger partial charge in [-0.1, -0.05) is 60.7 Å². The zero-order valence-corrected chi connectivity index (χ0v) is 15.1. The van der Waals surface area contributed by atoms with Crippen molar-refractivity contribution in [2.45, 2.75) is 18.3 Å². The van der Waals surface area contributed by atoms with Gasteiger partial charge in [0.25, 0.3) is 0 Å². The number of aliphatic carboxylic acids is 2. The molecule has 0 radical (unpaired) electrons. The van der Waals surface area contributed by atoms with E-state index in [4.69, 9.17) is 4.74 Å². The average molecular weight is 376 g/mol. The Hall–Kier alpha value is -3.60. The van der Waals surface area contributed by atoms with E-state index in [0.29, 0.717) is 22.6 Å². The first-order valence-corrected chi connectivity index (χ1v) is 8.88.